The summed E-state index contributed by atoms with van der Waals surface area (Å²) in [4.78, 5) is 35.9. The van der Waals surface area contributed by atoms with E-state index in [1.54, 1.807) is 24.3 Å². The summed E-state index contributed by atoms with van der Waals surface area (Å²) in [7, 11) is 0. The van der Waals surface area contributed by atoms with Crippen LogP contribution in [0.25, 0.3) is 0 Å². The second-order valence-electron chi connectivity index (χ2n) is 6.29. The van der Waals surface area contributed by atoms with E-state index in [1.807, 2.05) is 0 Å². The fourth-order valence-electron chi connectivity index (χ4n) is 2.99. The second-order valence-corrected chi connectivity index (χ2v) is 6.29. The molecule has 2 aromatic rings. The number of hydrogen-bond donors (Lipinski definition) is 5. The van der Waals surface area contributed by atoms with E-state index >= 15 is 0 Å². The van der Waals surface area contributed by atoms with Crippen LogP contribution in [0.4, 0.5) is 11.4 Å². The molecule has 8 heteroatoms. The molecular weight excluding hydrogens is 362 g/mol. The maximum absolute atomic E-state index is 12.4. The summed E-state index contributed by atoms with van der Waals surface area (Å²) in [6, 6.07) is 10.8. The summed E-state index contributed by atoms with van der Waals surface area (Å²) in [5.74, 6) is -1.88. The van der Waals surface area contributed by atoms with Crippen LogP contribution in [0.1, 0.15) is 22.3 Å². The lowest BCUT2D eigenvalue weighted by atomic mass is 9.92. The number of aromatic hydroxyl groups is 1. The molecule has 0 spiro atoms. The first-order valence-corrected chi connectivity index (χ1v) is 8.53. The Morgan fingerprint density at radius 2 is 1.96 bits per heavy atom. The van der Waals surface area contributed by atoms with Gasteiger partial charge >= 0.3 is 0 Å². The minimum atomic E-state index is -1.74. The molecule has 1 unspecified atom stereocenters. The van der Waals surface area contributed by atoms with Crippen LogP contribution in [0.2, 0.25) is 0 Å². The van der Waals surface area contributed by atoms with Gasteiger partial charge in [-0.1, -0.05) is 24.8 Å². The number of aliphatic hydroxyl groups is 1. The molecule has 0 bridgehead atoms. The highest BCUT2D eigenvalue weighted by atomic mass is 16.3. The molecule has 0 aromatic heterocycles. The van der Waals surface area contributed by atoms with Gasteiger partial charge in [0.1, 0.15) is 5.75 Å². The maximum atomic E-state index is 12.4. The summed E-state index contributed by atoms with van der Waals surface area (Å²) in [6.45, 7) is 3.33. The zero-order valence-corrected chi connectivity index (χ0v) is 14.9. The van der Waals surface area contributed by atoms with Gasteiger partial charge in [-0.3, -0.25) is 14.4 Å². The van der Waals surface area contributed by atoms with Crippen LogP contribution in [0.3, 0.4) is 0 Å². The van der Waals surface area contributed by atoms with Crippen molar-refractivity contribution in [3.05, 3.63) is 66.2 Å². The highest BCUT2D eigenvalue weighted by Gasteiger charge is 2.44. The highest BCUT2D eigenvalue weighted by Crippen LogP contribution is 2.37. The third kappa shape index (κ3) is 3.58. The van der Waals surface area contributed by atoms with Crippen molar-refractivity contribution in [3.8, 4) is 5.75 Å². The van der Waals surface area contributed by atoms with Crippen LogP contribution < -0.4 is 16.0 Å². The van der Waals surface area contributed by atoms with Crippen LogP contribution in [0.5, 0.6) is 5.75 Å². The second kappa shape index (κ2) is 7.53. The Hall–Kier alpha value is -3.65. The topological polar surface area (TPSA) is 128 Å². The quantitative estimate of drug-likeness (QED) is 0.382. The minimum Gasteiger partial charge on any atom is -0.507 e. The van der Waals surface area contributed by atoms with Crippen LogP contribution in [-0.4, -0.2) is 34.5 Å². The Kier molecular flexibility index (Phi) is 5.14. The molecule has 0 saturated carbocycles. The third-order valence-electron chi connectivity index (χ3n) is 4.46. The van der Waals surface area contributed by atoms with E-state index in [4.69, 9.17) is 0 Å². The summed E-state index contributed by atoms with van der Waals surface area (Å²) < 4.78 is 0. The third-order valence-corrected chi connectivity index (χ3v) is 4.46. The van der Waals surface area contributed by atoms with Gasteiger partial charge in [-0.05, 0) is 30.3 Å². The first-order chi connectivity index (χ1) is 13.3. The summed E-state index contributed by atoms with van der Waals surface area (Å²) >= 11 is 0. The van der Waals surface area contributed by atoms with Crippen LogP contribution in [0.15, 0.2) is 55.1 Å². The zero-order chi connectivity index (χ0) is 20.3. The number of fused-ring (bicyclic) bond motifs is 1. The van der Waals surface area contributed by atoms with Crippen molar-refractivity contribution in [1.29, 1.82) is 0 Å². The number of para-hydroxylation sites is 1. The van der Waals surface area contributed by atoms with Gasteiger partial charge in [0.25, 0.3) is 11.8 Å². The monoisotopic (exact) mass is 381 g/mol. The molecule has 0 aliphatic carbocycles. The largest absolute Gasteiger partial charge is 0.507 e. The van der Waals surface area contributed by atoms with Crippen LogP contribution >= 0.6 is 0 Å². The number of phenolic OH excluding ortho intramolecular Hbond substituents is 1. The smallest absolute Gasteiger partial charge is 0.261 e. The average molecular weight is 381 g/mol. The van der Waals surface area contributed by atoms with E-state index < -0.39 is 23.3 Å². The van der Waals surface area contributed by atoms with Gasteiger partial charge in [0.15, 0.2) is 5.60 Å². The standard InChI is InChI=1S/C20H19N3O5/c1-2-17(25)22-12-7-8-16(24)13(11-12)18(26)21-10-9-20(28)14-5-3-4-6-15(14)23-19(20)27/h2-8,11,24,28H,1,9-10H2,(H,21,26)(H,22,25)(H,23,27). The van der Waals surface area contributed by atoms with Crippen LogP contribution in [-0.2, 0) is 15.2 Å². The van der Waals surface area contributed by atoms with Crippen molar-refractivity contribution in [3.63, 3.8) is 0 Å². The maximum Gasteiger partial charge on any atom is 0.261 e. The predicted molar refractivity (Wildman–Crippen MR) is 103 cm³/mol. The SMILES string of the molecule is C=CC(=O)Nc1ccc(O)c(C(=O)NCCC2(O)C(=O)Nc3ccccc32)c1. The average Bonchev–Trinajstić information content (AvgIpc) is 2.93. The van der Waals surface area contributed by atoms with E-state index in [2.05, 4.69) is 22.5 Å². The highest BCUT2D eigenvalue weighted by molar-refractivity contribution is 6.05. The van der Waals surface area contributed by atoms with Crippen molar-refractivity contribution in [2.45, 2.75) is 12.0 Å². The number of anilines is 2. The lowest BCUT2D eigenvalue weighted by molar-refractivity contribution is -0.134. The Balaban J connectivity index is 1.68. The number of carbonyl (C=O) groups excluding carboxylic acids is 3. The number of carbonyl (C=O) groups is 3. The summed E-state index contributed by atoms with van der Waals surface area (Å²) in [6.07, 6.45) is 1.03. The molecule has 1 atom stereocenters. The molecule has 1 heterocycles. The van der Waals surface area contributed by atoms with Gasteiger partial charge in [-0.2, -0.15) is 0 Å². The van der Waals surface area contributed by atoms with Gasteiger partial charge in [-0.25, -0.2) is 0 Å². The van der Waals surface area contributed by atoms with Gasteiger partial charge < -0.3 is 26.2 Å². The number of hydrogen-bond acceptors (Lipinski definition) is 5. The van der Waals surface area contributed by atoms with E-state index in [0.717, 1.165) is 6.08 Å². The normalized spacial score (nSPS) is 17.4. The van der Waals surface area contributed by atoms with Crippen molar-refractivity contribution >= 4 is 29.1 Å². The molecule has 144 valence electrons. The molecule has 8 nitrogen and oxygen atoms in total. The molecule has 0 saturated heterocycles. The minimum absolute atomic E-state index is 0.0141. The Bertz CT molecular complexity index is 972. The molecule has 1 aliphatic rings. The Morgan fingerprint density at radius 3 is 2.71 bits per heavy atom. The number of amides is 3. The molecule has 0 radical (unpaired) electrons. The molecule has 5 N–H and O–H groups in total. The fraction of sp³-hybridized carbons (Fsp3) is 0.150. The van der Waals surface area contributed by atoms with Gasteiger partial charge in [-0.15, -0.1) is 0 Å². The molecule has 0 fully saturated rings. The fourth-order valence-corrected chi connectivity index (χ4v) is 2.99. The lowest BCUT2D eigenvalue weighted by Crippen LogP contribution is -2.38. The molecule has 3 rings (SSSR count). The Morgan fingerprint density at radius 1 is 1.21 bits per heavy atom. The van der Waals surface area contributed by atoms with Gasteiger partial charge in [0, 0.05) is 29.9 Å². The van der Waals surface area contributed by atoms with E-state index in [9.17, 15) is 24.6 Å². The number of nitrogens with one attached hydrogen (secondary N) is 3. The van der Waals surface area contributed by atoms with E-state index in [-0.39, 0.29) is 24.3 Å². The lowest BCUT2D eigenvalue weighted by Gasteiger charge is -2.21. The first kappa shape index (κ1) is 19.1. The van der Waals surface area contributed by atoms with Gasteiger partial charge in [0.2, 0.25) is 5.91 Å². The molecule has 3 amide bonds. The summed E-state index contributed by atoms with van der Waals surface area (Å²) in [5, 5.41) is 28.3. The van der Waals surface area contributed by atoms with E-state index in [1.165, 1.54) is 18.2 Å². The van der Waals surface area contributed by atoms with E-state index in [0.29, 0.717) is 16.9 Å². The summed E-state index contributed by atoms with van der Waals surface area (Å²) in [5.41, 5.74) is -0.498. The Labute approximate surface area is 160 Å². The number of rotatable bonds is 6. The number of benzene rings is 2. The van der Waals surface area contributed by atoms with Gasteiger partial charge in [0.05, 0.1) is 5.56 Å². The molecular formula is C20H19N3O5. The van der Waals surface area contributed by atoms with Crippen molar-refractivity contribution in [2.24, 2.45) is 0 Å². The zero-order valence-electron chi connectivity index (χ0n) is 14.9. The number of phenols is 1. The van der Waals surface area contributed by atoms with Crippen molar-refractivity contribution < 1.29 is 24.6 Å². The molecule has 2 aromatic carbocycles. The van der Waals surface area contributed by atoms with Crippen molar-refractivity contribution in [1.82, 2.24) is 5.32 Å². The predicted octanol–water partition coefficient (Wildman–Crippen LogP) is 1.48. The van der Waals surface area contributed by atoms with Crippen molar-refractivity contribution in [2.75, 3.05) is 17.2 Å². The first-order valence-electron chi connectivity index (χ1n) is 8.53. The molecule has 1 aliphatic heterocycles. The molecule has 28 heavy (non-hydrogen) atoms. The van der Waals surface area contributed by atoms with Crippen LogP contribution in [0, 0.1) is 0 Å².